The molecular formula is C14H26N2O. The molecule has 1 rings (SSSR count). The van der Waals surface area contributed by atoms with Crippen LogP contribution in [0, 0.1) is 0 Å². The maximum absolute atomic E-state index is 12.3. The minimum absolute atomic E-state index is 0.221. The van der Waals surface area contributed by atoms with E-state index in [1.54, 1.807) is 0 Å². The first kappa shape index (κ1) is 14.2. The van der Waals surface area contributed by atoms with E-state index in [1.165, 1.54) is 0 Å². The average molecular weight is 238 g/mol. The Labute approximate surface area is 105 Å². The van der Waals surface area contributed by atoms with Gasteiger partial charge in [-0.1, -0.05) is 26.8 Å². The van der Waals surface area contributed by atoms with Crippen molar-refractivity contribution in [3.63, 3.8) is 0 Å². The predicted molar refractivity (Wildman–Crippen MR) is 71.9 cm³/mol. The summed E-state index contributed by atoms with van der Waals surface area (Å²) >= 11 is 0. The molecule has 1 fully saturated rings. The van der Waals surface area contributed by atoms with Crippen molar-refractivity contribution in [2.75, 3.05) is 13.1 Å². The molecule has 0 bridgehead atoms. The Balaban J connectivity index is 2.75. The molecule has 3 heteroatoms. The first-order valence-electron chi connectivity index (χ1n) is 6.85. The summed E-state index contributed by atoms with van der Waals surface area (Å²) in [5.41, 5.74) is 0.891. The van der Waals surface area contributed by atoms with Gasteiger partial charge in [-0.2, -0.15) is 0 Å². The van der Waals surface area contributed by atoms with Crippen molar-refractivity contribution in [1.82, 2.24) is 10.2 Å². The molecule has 1 aliphatic rings. The fourth-order valence-electron chi connectivity index (χ4n) is 2.37. The highest BCUT2D eigenvalue weighted by atomic mass is 16.2. The molecule has 0 aromatic carbocycles. The molecule has 1 N–H and O–H groups in total. The number of nitrogens with zero attached hydrogens (tertiary/aromatic N) is 1. The van der Waals surface area contributed by atoms with Crippen LogP contribution >= 0.6 is 0 Å². The Bertz CT molecular complexity index is 286. The van der Waals surface area contributed by atoms with Crippen molar-refractivity contribution in [1.29, 1.82) is 0 Å². The zero-order valence-corrected chi connectivity index (χ0v) is 11.6. The first-order chi connectivity index (χ1) is 8.13. The maximum Gasteiger partial charge on any atom is 0.249 e. The van der Waals surface area contributed by atoms with Crippen molar-refractivity contribution in [2.24, 2.45) is 0 Å². The Morgan fingerprint density at radius 1 is 1.35 bits per heavy atom. The van der Waals surface area contributed by atoms with Crippen LogP contribution in [0.5, 0.6) is 0 Å². The van der Waals surface area contributed by atoms with E-state index in [0.717, 1.165) is 37.9 Å². The fraction of sp³-hybridized carbons (Fsp3) is 0.786. The molecule has 17 heavy (non-hydrogen) atoms. The quantitative estimate of drug-likeness (QED) is 0.762. The second-order valence-corrected chi connectivity index (χ2v) is 4.83. The second kappa shape index (κ2) is 6.80. The molecule has 1 saturated heterocycles. The van der Waals surface area contributed by atoms with Crippen molar-refractivity contribution in [2.45, 2.75) is 59.0 Å². The van der Waals surface area contributed by atoms with E-state index in [4.69, 9.17) is 0 Å². The van der Waals surface area contributed by atoms with Crippen LogP contribution in [-0.2, 0) is 4.79 Å². The largest absolute Gasteiger partial charge is 0.333 e. The third-order valence-corrected chi connectivity index (χ3v) is 3.57. The summed E-state index contributed by atoms with van der Waals surface area (Å²) in [5, 5.41) is 3.51. The van der Waals surface area contributed by atoms with Crippen molar-refractivity contribution in [3.05, 3.63) is 11.6 Å². The highest BCUT2D eigenvalue weighted by molar-refractivity contribution is 5.93. The summed E-state index contributed by atoms with van der Waals surface area (Å²) in [6.45, 7) is 10.1. The standard InChI is InChI=1S/C14H26N2O/c1-5-8-11(4)14(17)16-10-12(6-2)15-9-13(16)7-3/h8,12-13,15H,5-7,9-10H2,1-4H3. The zero-order valence-electron chi connectivity index (χ0n) is 11.6. The predicted octanol–water partition coefficient (Wildman–Crippen LogP) is 2.33. The van der Waals surface area contributed by atoms with E-state index in [2.05, 4.69) is 31.0 Å². The topological polar surface area (TPSA) is 32.3 Å². The van der Waals surface area contributed by atoms with Gasteiger partial charge in [-0.05, 0) is 26.2 Å². The summed E-state index contributed by atoms with van der Waals surface area (Å²) in [5.74, 6) is 0.221. The van der Waals surface area contributed by atoms with Crippen LogP contribution < -0.4 is 5.32 Å². The van der Waals surface area contributed by atoms with Crippen molar-refractivity contribution in [3.8, 4) is 0 Å². The normalized spacial score (nSPS) is 26.1. The van der Waals surface area contributed by atoms with E-state index in [0.29, 0.717) is 12.1 Å². The van der Waals surface area contributed by atoms with Crippen LogP contribution in [0.1, 0.15) is 47.0 Å². The number of allylic oxidation sites excluding steroid dienone is 1. The third kappa shape index (κ3) is 3.56. The lowest BCUT2D eigenvalue weighted by atomic mass is 10.0. The van der Waals surface area contributed by atoms with Gasteiger partial charge in [0.25, 0.3) is 0 Å². The number of amides is 1. The number of hydrogen-bond acceptors (Lipinski definition) is 2. The van der Waals surface area contributed by atoms with Gasteiger partial charge in [0.15, 0.2) is 0 Å². The molecular weight excluding hydrogens is 212 g/mol. The third-order valence-electron chi connectivity index (χ3n) is 3.57. The van der Waals surface area contributed by atoms with Gasteiger partial charge in [-0.3, -0.25) is 4.79 Å². The Kier molecular flexibility index (Phi) is 5.69. The molecule has 0 spiro atoms. The lowest BCUT2D eigenvalue weighted by molar-refractivity contribution is -0.131. The first-order valence-corrected chi connectivity index (χ1v) is 6.85. The molecule has 2 unspecified atom stereocenters. The molecule has 1 heterocycles. The Morgan fingerprint density at radius 2 is 2.06 bits per heavy atom. The molecule has 3 nitrogen and oxygen atoms in total. The number of hydrogen-bond donors (Lipinski definition) is 1. The number of piperazine rings is 1. The highest BCUT2D eigenvalue weighted by Gasteiger charge is 2.29. The average Bonchev–Trinajstić information content (AvgIpc) is 2.37. The number of nitrogens with one attached hydrogen (secondary N) is 1. The fourth-order valence-corrected chi connectivity index (χ4v) is 2.37. The molecule has 0 aliphatic carbocycles. The lowest BCUT2D eigenvalue weighted by Gasteiger charge is -2.40. The molecule has 98 valence electrons. The smallest absolute Gasteiger partial charge is 0.249 e. The summed E-state index contributed by atoms with van der Waals surface area (Å²) in [4.78, 5) is 14.4. The Morgan fingerprint density at radius 3 is 2.59 bits per heavy atom. The summed E-state index contributed by atoms with van der Waals surface area (Å²) in [6.07, 6.45) is 5.06. The SMILES string of the molecule is CCC=C(C)C(=O)N1CC(CC)NCC1CC. The molecule has 0 saturated carbocycles. The second-order valence-electron chi connectivity index (χ2n) is 4.83. The number of carbonyl (C=O) groups excluding carboxylic acids is 1. The van der Waals surface area contributed by atoms with E-state index in [1.807, 2.05) is 13.0 Å². The van der Waals surface area contributed by atoms with Crippen LogP contribution in [0.15, 0.2) is 11.6 Å². The van der Waals surface area contributed by atoms with Gasteiger partial charge in [0.1, 0.15) is 0 Å². The summed E-state index contributed by atoms with van der Waals surface area (Å²) < 4.78 is 0. The van der Waals surface area contributed by atoms with Crippen LogP contribution in [-0.4, -0.2) is 36.0 Å². The van der Waals surface area contributed by atoms with E-state index in [-0.39, 0.29) is 5.91 Å². The van der Waals surface area contributed by atoms with E-state index >= 15 is 0 Å². The highest BCUT2D eigenvalue weighted by Crippen LogP contribution is 2.15. The van der Waals surface area contributed by atoms with E-state index in [9.17, 15) is 4.79 Å². The lowest BCUT2D eigenvalue weighted by Crippen LogP contribution is -2.58. The van der Waals surface area contributed by atoms with Crippen LogP contribution in [0.3, 0.4) is 0 Å². The van der Waals surface area contributed by atoms with Gasteiger partial charge in [0, 0.05) is 30.7 Å². The summed E-state index contributed by atoms with van der Waals surface area (Å²) in [7, 11) is 0. The Hall–Kier alpha value is -0.830. The number of rotatable bonds is 4. The van der Waals surface area contributed by atoms with Gasteiger partial charge in [-0.15, -0.1) is 0 Å². The summed E-state index contributed by atoms with van der Waals surface area (Å²) in [6, 6.07) is 0.807. The molecule has 0 aromatic rings. The maximum atomic E-state index is 12.3. The molecule has 1 aliphatic heterocycles. The van der Waals surface area contributed by atoms with Gasteiger partial charge < -0.3 is 10.2 Å². The van der Waals surface area contributed by atoms with Crippen LogP contribution in [0.2, 0.25) is 0 Å². The molecule has 0 aromatic heterocycles. The van der Waals surface area contributed by atoms with Gasteiger partial charge in [-0.25, -0.2) is 0 Å². The van der Waals surface area contributed by atoms with Gasteiger partial charge in [0.2, 0.25) is 5.91 Å². The van der Waals surface area contributed by atoms with Crippen LogP contribution in [0.25, 0.3) is 0 Å². The minimum Gasteiger partial charge on any atom is -0.333 e. The molecule has 2 atom stereocenters. The van der Waals surface area contributed by atoms with E-state index < -0.39 is 0 Å². The van der Waals surface area contributed by atoms with Gasteiger partial charge >= 0.3 is 0 Å². The van der Waals surface area contributed by atoms with Crippen LogP contribution in [0.4, 0.5) is 0 Å². The molecule has 0 radical (unpaired) electrons. The monoisotopic (exact) mass is 238 g/mol. The zero-order chi connectivity index (χ0) is 12.8. The van der Waals surface area contributed by atoms with Crippen molar-refractivity contribution < 1.29 is 4.79 Å². The molecule has 1 amide bonds. The van der Waals surface area contributed by atoms with Gasteiger partial charge in [0.05, 0.1) is 0 Å². The number of carbonyl (C=O) groups is 1. The van der Waals surface area contributed by atoms with Crippen molar-refractivity contribution >= 4 is 5.91 Å². The minimum atomic E-state index is 0.221.